The Morgan fingerprint density at radius 2 is 1.63 bits per heavy atom. The van der Waals surface area contributed by atoms with E-state index in [1.807, 2.05) is 13.1 Å². The fourth-order valence-corrected chi connectivity index (χ4v) is 5.79. The number of ether oxygens (including phenoxy) is 1. The molecule has 4 nitrogen and oxygen atoms in total. The van der Waals surface area contributed by atoms with Crippen molar-refractivity contribution in [1.82, 2.24) is 4.90 Å². The highest BCUT2D eigenvalue weighted by molar-refractivity contribution is 5.80. The summed E-state index contributed by atoms with van der Waals surface area (Å²) >= 11 is 0. The lowest BCUT2D eigenvalue weighted by Crippen LogP contribution is -2.35. The van der Waals surface area contributed by atoms with E-state index in [0.717, 1.165) is 40.8 Å². The quantitative estimate of drug-likeness (QED) is 0.345. The van der Waals surface area contributed by atoms with Crippen LogP contribution in [0.2, 0.25) is 0 Å². The van der Waals surface area contributed by atoms with Crippen molar-refractivity contribution in [2.45, 2.75) is 84.3 Å². The maximum atomic E-state index is 13.5. The number of hydrogen-bond donors (Lipinski definition) is 1. The van der Waals surface area contributed by atoms with Crippen LogP contribution in [0.25, 0.3) is 5.57 Å². The molecule has 0 spiro atoms. The number of nitrogens with zero attached hydrogens (tertiary/aromatic N) is 1. The smallest absolute Gasteiger partial charge is 0.416 e. The van der Waals surface area contributed by atoms with Crippen LogP contribution in [0, 0.1) is 5.41 Å². The molecule has 0 aromatic heterocycles. The molecule has 2 aromatic rings. The average molecular weight is 583 g/mol. The van der Waals surface area contributed by atoms with Crippen LogP contribution in [-0.4, -0.2) is 30.6 Å². The first-order valence-electron chi connectivity index (χ1n) is 13.7. The zero-order valence-corrected chi connectivity index (χ0v) is 24.1. The first-order valence-corrected chi connectivity index (χ1v) is 13.7. The molecule has 0 saturated carbocycles. The molecule has 2 atom stereocenters. The Morgan fingerprint density at radius 3 is 2.17 bits per heavy atom. The normalized spacial score (nSPS) is 21.5. The molecule has 2 aliphatic rings. The Hall–Kier alpha value is -3.17. The van der Waals surface area contributed by atoms with Crippen molar-refractivity contribution in [2.24, 2.45) is 5.41 Å². The van der Waals surface area contributed by atoms with Crippen LogP contribution in [0.5, 0.6) is 0 Å². The van der Waals surface area contributed by atoms with Gasteiger partial charge in [-0.05, 0) is 90.1 Å². The molecule has 1 amide bonds. The summed E-state index contributed by atoms with van der Waals surface area (Å²) in [6, 6.07) is 6.81. The molecule has 1 heterocycles. The van der Waals surface area contributed by atoms with Gasteiger partial charge >= 0.3 is 18.4 Å². The number of carbonyl (C=O) groups is 1. The summed E-state index contributed by atoms with van der Waals surface area (Å²) in [5.41, 5.74) is 1.98. The van der Waals surface area contributed by atoms with Crippen LogP contribution in [0.1, 0.15) is 93.7 Å². The van der Waals surface area contributed by atoms with Gasteiger partial charge in [-0.1, -0.05) is 33.8 Å². The van der Waals surface area contributed by atoms with Gasteiger partial charge in [-0.15, -0.1) is 0 Å². The fraction of sp³-hybridized carbons (Fsp3) is 0.516. The van der Waals surface area contributed by atoms with Gasteiger partial charge in [0.25, 0.3) is 0 Å². The summed E-state index contributed by atoms with van der Waals surface area (Å²) in [6.07, 6.45) is -9.68. The Morgan fingerprint density at radius 1 is 1.02 bits per heavy atom. The van der Waals surface area contributed by atoms with E-state index in [2.05, 4.69) is 45.1 Å². The molecular formula is C31H36F6N2O2. The molecule has 1 saturated heterocycles. The van der Waals surface area contributed by atoms with Crippen LogP contribution >= 0.6 is 0 Å². The summed E-state index contributed by atoms with van der Waals surface area (Å²) in [4.78, 5) is 14.5. The highest BCUT2D eigenvalue weighted by atomic mass is 19.4. The maximum absolute atomic E-state index is 13.5. The number of benzene rings is 2. The number of alkyl halides is 6. The minimum atomic E-state index is -5.00. The van der Waals surface area contributed by atoms with Gasteiger partial charge in [0.2, 0.25) is 0 Å². The number of halogens is 6. The maximum Gasteiger partial charge on any atom is 0.416 e. The highest BCUT2D eigenvalue weighted by Gasteiger charge is 2.44. The van der Waals surface area contributed by atoms with Crippen LogP contribution in [0.15, 0.2) is 42.0 Å². The van der Waals surface area contributed by atoms with Crippen LogP contribution < -0.4 is 5.32 Å². The zero-order valence-electron chi connectivity index (χ0n) is 24.1. The summed E-state index contributed by atoms with van der Waals surface area (Å²) in [5, 5.41) is 3.25. The third kappa shape index (κ3) is 6.51. The largest absolute Gasteiger partial charge is 0.439 e. The molecule has 1 fully saturated rings. The lowest BCUT2D eigenvalue weighted by molar-refractivity contribution is -0.143. The first kappa shape index (κ1) is 30.8. The number of amides is 1. The topological polar surface area (TPSA) is 41.6 Å². The van der Waals surface area contributed by atoms with E-state index in [1.54, 1.807) is 6.92 Å². The summed E-state index contributed by atoms with van der Waals surface area (Å²) in [6.45, 7) is 10.3. The first-order chi connectivity index (χ1) is 18.9. The molecule has 1 N–H and O–H groups in total. The van der Waals surface area contributed by atoms with E-state index < -0.39 is 41.7 Å². The minimum absolute atomic E-state index is 0.0524. The van der Waals surface area contributed by atoms with Crippen molar-refractivity contribution in [2.75, 3.05) is 18.9 Å². The number of rotatable bonds is 6. The Balaban J connectivity index is 1.74. The second-order valence-electron chi connectivity index (χ2n) is 12.1. The average Bonchev–Trinajstić information content (AvgIpc) is 3.15. The monoisotopic (exact) mass is 582 g/mol. The summed E-state index contributed by atoms with van der Waals surface area (Å²) in [7, 11) is 1.84. The van der Waals surface area contributed by atoms with Gasteiger partial charge in [0.1, 0.15) is 6.10 Å². The van der Waals surface area contributed by atoms with Crippen molar-refractivity contribution < 1.29 is 35.9 Å². The van der Waals surface area contributed by atoms with Crippen molar-refractivity contribution in [3.8, 4) is 0 Å². The van der Waals surface area contributed by atoms with Crippen LogP contribution in [-0.2, 0) is 17.1 Å². The predicted octanol–water partition coefficient (Wildman–Crippen LogP) is 9.43. The Bertz CT molecular complexity index is 1310. The molecule has 0 bridgehead atoms. The van der Waals surface area contributed by atoms with E-state index >= 15 is 0 Å². The van der Waals surface area contributed by atoms with E-state index in [0.29, 0.717) is 24.5 Å². The molecule has 10 heteroatoms. The van der Waals surface area contributed by atoms with Gasteiger partial charge in [0, 0.05) is 24.8 Å². The Kier molecular flexibility index (Phi) is 8.19. The lowest BCUT2D eigenvalue weighted by atomic mass is 9.72. The number of nitrogens with one attached hydrogen (secondary N) is 1. The van der Waals surface area contributed by atoms with Gasteiger partial charge in [-0.2, -0.15) is 26.3 Å². The van der Waals surface area contributed by atoms with Gasteiger partial charge in [0.15, 0.2) is 0 Å². The van der Waals surface area contributed by atoms with E-state index in [1.165, 1.54) is 4.90 Å². The molecule has 4 rings (SSSR count). The number of cyclic esters (lactones) is 1. The summed E-state index contributed by atoms with van der Waals surface area (Å²) < 4.78 is 86.5. The number of hydrogen-bond acceptors (Lipinski definition) is 3. The predicted molar refractivity (Wildman–Crippen MR) is 146 cm³/mol. The standard InChI is InChI=1S/C31H36F6N2O2/c1-17(2)19-7-8-26(38-6)25(13-19)24-9-10-29(4,5)15-21(24)16-39-18(3)27(41-28(39)40)20-11-22(30(32,33)34)14-23(12-20)31(35,36)37/h7-8,11-14,17-18,27,38H,9-10,15-16H2,1-6H3/t18-,27?/m0/s1. The number of allylic oxidation sites excluding steroid dienone is 1. The highest BCUT2D eigenvalue weighted by Crippen LogP contribution is 2.46. The molecule has 1 aliphatic carbocycles. The molecule has 1 aliphatic heterocycles. The molecular weight excluding hydrogens is 546 g/mol. The molecule has 0 radical (unpaired) electrons. The van der Waals surface area contributed by atoms with E-state index in [-0.39, 0.29) is 23.6 Å². The van der Waals surface area contributed by atoms with Crippen LogP contribution in [0.4, 0.5) is 36.8 Å². The molecule has 1 unspecified atom stereocenters. The second kappa shape index (κ2) is 10.9. The van der Waals surface area contributed by atoms with Gasteiger partial charge in [-0.3, -0.25) is 4.90 Å². The zero-order chi connectivity index (χ0) is 30.5. The van der Waals surface area contributed by atoms with Crippen molar-refractivity contribution >= 4 is 17.4 Å². The molecule has 224 valence electrons. The minimum Gasteiger partial charge on any atom is -0.439 e. The molecule has 2 aromatic carbocycles. The summed E-state index contributed by atoms with van der Waals surface area (Å²) in [5.74, 6) is 0.298. The van der Waals surface area contributed by atoms with Crippen molar-refractivity contribution in [3.05, 3.63) is 69.8 Å². The Labute approximate surface area is 236 Å². The van der Waals surface area contributed by atoms with E-state index in [4.69, 9.17) is 4.74 Å². The van der Waals surface area contributed by atoms with Gasteiger partial charge in [-0.25, -0.2) is 4.79 Å². The van der Waals surface area contributed by atoms with Gasteiger partial charge in [0.05, 0.1) is 17.2 Å². The third-order valence-electron chi connectivity index (χ3n) is 8.17. The van der Waals surface area contributed by atoms with E-state index in [9.17, 15) is 31.1 Å². The fourth-order valence-electron chi connectivity index (χ4n) is 5.79. The SMILES string of the molecule is CNc1ccc(C(C)C)cc1C1=C(CN2C(=O)OC(c3cc(C(F)(F)F)cc(C(F)(F)F)c3)[C@@H]2C)CC(C)(C)CC1. The second-order valence-corrected chi connectivity index (χ2v) is 12.1. The third-order valence-corrected chi connectivity index (χ3v) is 8.17. The number of carbonyl (C=O) groups excluding carboxylic acids is 1. The lowest BCUT2D eigenvalue weighted by Gasteiger charge is -2.36. The molecule has 41 heavy (non-hydrogen) atoms. The van der Waals surface area contributed by atoms with Crippen LogP contribution in [0.3, 0.4) is 0 Å². The van der Waals surface area contributed by atoms with Crippen molar-refractivity contribution in [1.29, 1.82) is 0 Å². The van der Waals surface area contributed by atoms with Gasteiger partial charge < -0.3 is 10.1 Å². The number of anilines is 1. The van der Waals surface area contributed by atoms with Crippen molar-refractivity contribution in [3.63, 3.8) is 0 Å².